The molecule has 5 fully saturated rings. The molecule has 5 aliphatic rings. The minimum atomic E-state index is -0.662. The molecular formula is C18H19BrN2O3S. The smallest absolute Gasteiger partial charge is 0.263 e. The van der Waals surface area contributed by atoms with Crippen LogP contribution >= 0.6 is 27.3 Å². The van der Waals surface area contributed by atoms with Crippen molar-refractivity contribution < 1.29 is 14.4 Å². The molecule has 0 N–H and O–H groups in total. The quantitative estimate of drug-likeness (QED) is 0.550. The van der Waals surface area contributed by atoms with E-state index >= 15 is 0 Å². The average molecular weight is 423 g/mol. The fraction of sp³-hybridized carbons (Fsp3) is 0.611. The van der Waals surface area contributed by atoms with E-state index in [9.17, 15) is 14.4 Å². The lowest BCUT2D eigenvalue weighted by Gasteiger charge is -2.58. The molecule has 1 saturated heterocycles. The third kappa shape index (κ3) is 2.35. The van der Waals surface area contributed by atoms with E-state index in [0.717, 1.165) is 32.8 Å². The SMILES string of the molecule is O=C1C(=O)N(C23CC4CC(CC(C4)C2)C3)C(=O)N1Cc1ccc(Br)s1. The lowest BCUT2D eigenvalue weighted by Crippen LogP contribution is -2.61. The van der Waals surface area contributed by atoms with E-state index in [1.807, 2.05) is 12.1 Å². The fourth-order valence-corrected chi connectivity index (χ4v) is 7.47. The largest absolute Gasteiger partial charge is 0.335 e. The maximum absolute atomic E-state index is 13.1. The molecule has 4 saturated carbocycles. The van der Waals surface area contributed by atoms with Crippen LogP contribution in [0.15, 0.2) is 15.9 Å². The molecule has 1 aromatic heterocycles. The molecule has 0 spiro atoms. The Morgan fingerprint density at radius 3 is 2.12 bits per heavy atom. The van der Waals surface area contributed by atoms with Gasteiger partial charge in [0.2, 0.25) is 0 Å². The third-order valence-electron chi connectivity index (χ3n) is 6.48. The van der Waals surface area contributed by atoms with Gasteiger partial charge in [0.1, 0.15) is 0 Å². The number of imide groups is 2. The standard InChI is InChI=1S/C18H19BrN2O3S/c19-14-2-1-13(25-14)9-20-15(22)16(23)21(17(20)24)18-6-10-3-11(7-18)5-12(4-10)8-18/h1-2,10-12H,3-9H2. The highest BCUT2D eigenvalue weighted by Gasteiger charge is 2.60. The number of urea groups is 1. The van der Waals surface area contributed by atoms with Gasteiger partial charge in [-0.05, 0) is 84.3 Å². The molecule has 0 unspecified atom stereocenters. The molecule has 6 rings (SSSR count). The van der Waals surface area contributed by atoms with Crippen molar-refractivity contribution in [1.29, 1.82) is 0 Å². The first kappa shape index (κ1) is 16.0. The van der Waals surface area contributed by atoms with Crippen molar-refractivity contribution in [3.63, 3.8) is 0 Å². The summed E-state index contributed by atoms with van der Waals surface area (Å²) in [5.74, 6) is 0.575. The van der Waals surface area contributed by atoms with Gasteiger partial charge in [-0.15, -0.1) is 11.3 Å². The Labute approximate surface area is 158 Å². The second-order valence-electron chi connectivity index (χ2n) is 8.16. The Morgan fingerprint density at radius 2 is 1.60 bits per heavy atom. The summed E-state index contributed by atoms with van der Waals surface area (Å²) in [6.07, 6.45) is 6.37. The Kier molecular flexibility index (Phi) is 3.45. The Balaban J connectivity index is 1.45. The van der Waals surface area contributed by atoms with Crippen molar-refractivity contribution in [3.8, 4) is 0 Å². The number of nitrogens with zero attached hydrogens (tertiary/aromatic N) is 2. The number of carbonyl (C=O) groups is 3. The summed E-state index contributed by atoms with van der Waals surface area (Å²) in [5, 5.41) is 0. The molecule has 4 aliphatic carbocycles. The van der Waals surface area contributed by atoms with Gasteiger partial charge in [0.25, 0.3) is 0 Å². The van der Waals surface area contributed by atoms with Crippen LogP contribution in [0.4, 0.5) is 4.79 Å². The normalized spacial score (nSPS) is 36.8. The van der Waals surface area contributed by atoms with Crippen LogP contribution in [0.1, 0.15) is 43.4 Å². The molecule has 25 heavy (non-hydrogen) atoms. The van der Waals surface area contributed by atoms with Gasteiger partial charge >= 0.3 is 17.8 Å². The topological polar surface area (TPSA) is 57.7 Å². The molecule has 4 amide bonds. The molecular weight excluding hydrogens is 404 g/mol. The van der Waals surface area contributed by atoms with Gasteiger partial charge < -0.3 is 0 Å². The molecule has 1 aliphatic heterocycles. The van der Waals surface area contributed by atoms with Crippen molar-refractivity contribution in [3.05, 3.63) is 20.8 Å². The van der Waals surface area contributed by atoms with E-state index in [0.29, 0.717) is 17.8 Å². The van der Waals surface area contributed by atoms with E-state index in [2.05, 4.69) is 15.9 Å². The average Bonchev–Trinajstić information content (AvgIpc) is 3.03. The fourth-order valence-electron chi connectivity index (χ4n) is 5.99. The van der Waals surface area contributed by atoms with Crippen molar-refractivity contribution in [2.24, 2.45) is 17.8 Å². The van der Waals surface area contributed by atoms with Crippen LogP contribution in [-0.2, 0) is 16.1 Å². The summed E-state index contributed by atoms with van der Waals surface area (Å²) in [5.41, 5.74) is -0.399. The molecule has 2 heterocycles. The first-order valence-electron chi connectivity index (χ1n) is 8.89. The number of thiophene rings is 1. The van der Waals surface area contributed by atoms with Gasteiger partial charge in [-0.1, -0.05) is 0 Å². The molecule has 4 bridgehead atoms. The molecule has 132 valence electrons. The highest BCUT2D eigenvalue weighted by Crippen LogP contribution is 2.58. The molecule has 0 radical (unpaired) electrons. The van der Waals surface area contributed by atoms with E-state index in [4.69, 9.17) is 0 Å². The summed E-state index contributed by atoms with van der Waals surface area (Å²) in [7, 11) is 0. The second-order valence-corrected chi connectivity index (χ2v) is 10.7. The highest BCUT2D eigenvalue weighted by atomic mass is 79.9. The van der Waals surface area contributed by atoms with Gasteiger partial charge in [-0.2, -0.15) is 0 Å². The summed E-state index contributed by atoms with van der Waals surface area (Å²) in [6.45, 7) is 0.183. The van der Waals surface area contributed by atoms with Crippen molar-refractivity contribution in [2.75, 3.05) is 0 Å². The van der Waals surface area contributed by atoms with Gasteiger partial charge in [-0.3, -0.25) is 14.5 Å². The summed E-state index contributed by atoms with van der Waals surface area (Å²) >= 11 is 4.88. The Morgan fingerprint density at radius 1 is 1.00 bits per heavy atom. The maximum atomic E-state index is 13.1. The molecule has 0 atom stereocenters. The summed E-state index contributed by atoms with van der Waals surface area (Å²) in [6, 6.07) is 3.37. The lowest BCUT2D eigenvalue weighted by molar-refractivity contribution is -0.150. The number of amides is 4. The van der Waals surface area contributed by atoms with Crippen LogP contribution in [0.5, 0.6) is 0 Å². The van der Waals surface area contributed by atoms with Gasteiger partial charge in [0, 0.05) is 4.88 Å². The van der Waals surface area contributed by atoms with Gasteiger partial charge in [0.05, 0.1) is 15.9 Å². The van der Waals surface area contributed by atoms with Crippen LogP contribution in [0, 0.1) is 17.8 Å². The molecule has 7 heteroatoms. The zero-order valence-electron chi connectivity index (χ0n) is 13.7. The minimum absolute atomic E-state index is 0.183. The van der Waals surface area contributed by atoms with E-state index in [1.54, 1.807) is 0 Å². The lowest BCUT2D eigenvalue weighted by atomic mass is 9.52. The third-order valence-corrected chi connectivity index (χ3v) is 8.08. The monoisotopic (exact) mass is 422 g/mol. The van der Waals surface area contributed by atoms with E-state index < -0.39 is 23.4 Å². The first-order chi connectivity index (χ1) is 11.9. The number of rotatable bonds is 3. The van der Waals surface area contributed by atoms with Crippen molar-refractivity contribution in [2.45, 2.75) is 50.6 Å². The number of hydrogen-bond acceptors (Lipinski definition) is 4. The van der Waals surface area contributed by atoms with Gasteiger partial charge in [0.15, 0.2) is 0 Å². The van der Waals surface area contributed by atoms with Crippen LogP contribution < -0.4 is 0 Å². The maximum Gasteiger partial charge on any atom is 0.335 e. The first-order valence-corrected chi connectivity index (χ1v) is 10.5. The molecule has 5 nitrogen and oxygen atoms in total. The zero-order valence-corrected chi connectivity index (χ0v) is 16.1. The summed E-state index contributed by atoms with van der Waals surface area (Å²) in [4.78, 5) is 41.7. The Hall–Kier alpha value is -1.21. The minimum Gasteiger partial charge on any atom is -0.263 e. The number of halogens is 1. The number of carbonyl (C=O) groups excluding carboxylic acids is 3. The molecule has 0 aromatic carbocycles. The summed E-state index contributed by atoms with van der Waals surface area (Å²) < 4.78 is 0.950. The van der Waals surface area contributed by atoms with Crippen molar-refractivity contribution in [1.82, 2.24) is 9.80 Å². The second kappa shape index (κ2) is 5.39. The Bertz CT molecular complexity index is 754. The number of hydrogen-bond donors (Lipinski definition) is 0. The van der Waals surface area contributed by atoms with E-state index in [-0.39, 0.29) is 6.54 Å². The van der Waals surface area contributed by atoms with E-state index in [1.165, 1.54) is 35.5 Å². The highest BCUT2D eigenvalue weighted by molar-refractivity contribution is 9.11. The van der Waals surface area contributed by atoms with Gasteiger partial charge in [-0.25, -0.2) is 9.69 Å². The van der Waals surface area contributed by atoms with Crippen LogP contribution in [0.2, 0.25) is 0 Å². The van der Waals surface area contributed by atoms with Crippen LogP contribution in [0.3, 0.4) is 0 Å². The van der Waals surface area contributed by atoms with Crippen LogP contribution in [0.25, 0.3) is 0 Å². The predicted molar refractivity (Wildman–Crippen MR) is 95.7 cm³/mol. The molecule has 1 aromatic rings. The predicted octanol–water partition coefficient (Wildman–Crippen LogP) is 3.77. The van der Waals surface area contributed by atoms with Crippen LogP contribution in [-0.4, -0.2) is 33.2 Å². The van der Waals surface area contributed by atoms with Crippen molar-refractivity contribution >= 4 is 45.1 Å². The zero-order chi connectivity index (χ0) is 17.3.